The molecule has 0 heterocycles. The van der Waals surface area contributed by atoms with E-state index in [4.69, 9.17) is 5.14 Å². The number of unbranched alkanes of at least 4 members (excludes halogenated alkanes) is 6. The molecule has 2 N–H and O–H groups in total. The summed E-state index contributed by atoms with van der Waals surface area (Å²) in [5.41, 5.74) is 0. The number of hydrogen-bond donors (Lipinski definition) is 1. The maximum Gasteiger partial charge on any atom is 0.305 e. The molecule has 5 nitrogen and oxygen atoms in total. The summed E-state index contributed by atoms with van der Waals surface area (Å²) >= 11 is 0. The highest BCUT2D eigenvalue weighted by Gasteiger charge is 2.02. The molecule has 0 aliphatic carbocycles. The number of carbonyl (C=O) groups excluding carboxylic acids is 1. The van der Waals surface area contributed by atoms with Gasteiger partial charge in [-0.3, -0.25) is 4.79 Å². The van der Waals surface area contributed by atoms with Crippen molar-refractivity contribution in [3.05, 3.63) is 0 Å². The lowest BCUT2D eigenvalue weighted by atomic mass is 10.1. The maximum atomic E-state index is 10.8. The number of carbonyl (C=O) groups is 1. The second kappa shape index (κ2) is 9.41. The highest BCUT2D eigenvalue weighted by Crippen LogP contribution is 2.09. The van der Waals surface area contributed by atoms with E-state index in [0.717, 1.165) is 38.5 Å². The average Bonchev–Trinajstić information content (AvgIpc) is 2.25. The van der Waals surface area contributed by atoms with Crippen LogP contribution in [0.25, 0.3) is 0 Å². The summed E-state index contributed by atoms with van der Waals surface area (Å²) in [6.07, 6.45) is 7.08. The molecule has 0 atom stereocenters. The zero-order valence-corrected chi connectivity index (χ0v) is 11.3. The molecule has 0 aromatic rings. The third-order valence-corrected chi connectivity index (χ3v) is 3.40. The molecule has 0 saturated heterocycles. The Hall–Kier alpha value is -0.620. The number of rotatable bonds is 10. The summed E-state index contributed by atoms with van der Waals surface area (Å²) in [6, 6.07) is 0. The number of nitrogens with two attached hydrogens (primary N) is 1. The lowest BCUT2D eigenvalue weighted by molar-refractivity contribution is -0.140. The summed E-state index contributed by atoms with van der Waals surface area (Å²) in [5, 5.41) is 4.89. The van der Waals surface area contributed by atoms with Crippen molar-refractivity contribution >= 4 is 16.0 Å². The number of primary sulfonamides is 1. The van der Waals surface area contributed by atoms with Crippen molar-refractivity contribution in [3.8, 4) is 0 Å². The van der Waals surface area contributed by atoms with E-state index in [9.17, 15) is 13.2 Å². The van der Waals surface area contributed by atoms with Crippen molar-refractivity contribution in [1.29, 1.82) is 0 Å². The van der Waals surface area contributed by atoms with Crippen LogP contribution in [0.5, 0.6) is 0 Å². The summed E-state index contributed by atoms with van der Waals surface area (Å²) in [6.45, 7) is 0. The molecule has 6 heteroatoms. The van der Waals surface area contributed by atoms with Crippen molar-refractivity contribution in [1.82, 2.24) is 0 Å². The highest BCUT2D eigenvalue weighted by atomic mass is 32.2. The van der Waals surface area contributed by atoms with Crippen LogP contribution in [0, 0.1) is 0 Å². The number of ether oxygens (including phenoxy) is 1. The molecule has 0 radical (unpaired) electrons. The van der Waals surface area contributed by atoms with E-state index < -0.39 is 10.0 Å². The third-order valence-electron chi connectivity index (χ3n) is 2.54. The quantitative estimate of drug-likeness (QED) is 0.480. The van der Waals surface area contributed by atoms with E-state index in [0.29, 0.717) is 12.8 Å². The van der Waals surface area contributed by atoms with Gasteiger partial charge >= 0.3 is 5.97 Å². The predicted octanol–water partition coefficient (Wildman–Crippen LogP) is 1.57. The van der Waals surface area contributed by atoms with Crippen LogP contribution in [-0.2, 0) is 19.6 Å². The van der Waals surface area contributed by atoms with Crippen LogP contribution < -0.4 is 5.14 Å². The first-order valence-electron chi connectivity index (χ1n) is 6.03. The Morgan fingerprint density at radius 2 is 1.47 bits per heavy atom. The molecule has 0 aliphatic heterocycles. The van der Waals surface area contributed by atoms with Crippen molar-refractivity contribution in [3.63, 3.8) is 0 Å². The monoisotopic (exact) mass is 265 g/mol. The minimum atomic E-state index is -3.29. The molecule has 102 valence electrons. The van der Waals surface area contributed by atoms with Crippen molar-refractivity contribution < 1.29 is 17.9 Å². The molecule has 0 amide bonds. The van der Waals surface area contributed by atoms with Crippen LogP contribution >= 0.6 is 0 Å². The fourth-order valence-electron chi connectivity index (χ4n) is 1.56. The van der Waals surface area contributed by atoms with Crippen molar-refractivity contribution in [2.75, 3.05) is 12.9 Å². The van der Waals surface area contributed by atoms with Gasteiger partial charge in [0, 0.05) is 6.42 Å². The summed E-state index contributed by atoms with van der Waals surface area (Å²) < 4.78 is 25.8. The zero-order valence-electron chi connectivity index (χ0n) is 10.5. The Labute approximate surface area is 104 Å². The predicted molar refractivity (Wildman–Crippen MR) is 66.9 cm³/mol. The number of sulfonamides is 1. The van der Waals surface area contributed by atoms with Crippen LogP contribution in [0.15, 0.2) is 0 Å². The molecule has 0 bridgehead atoms. The second-order valence-corrected chi connectivity index (χ2v) is 5.90. The first kappa shape index (κ1) is 16.4. The molecule has 17 heavy (non-hydrogen) atoms. The van der Waals surface area contributed by atoms with E-state index in [1.54, 1.807) is 0 Å². The molecular weight excluding hydrogens is 242 g/mol. The van der Waals surface area contributed by atoms with Gasteiger partial charge in [0.2, 0.25) is 10.0 Å². The lowest BCUT2D eigenvalue weighted by Gasteiger charge is -2.01. The Bertz CT molecular complexity index is 301. The van der Waals surface area contributed by atoms with E-state index >= 15 is 0 Å². The third kappa shape index (κ3) is 13.3. The van der Waals surface area contributed by atoms with Gasteiger partial charge in [-0.15, -0.1) is 0 Å². The zero-order chi connectivity index (χ0) is 13.1. The van der Waals surface area contributed by atoms with Crippen molar-refractivity contribution in [2.45, 2.75) is 51.4 Å². The molecular formula is C11H23NO4S. The minimum absolute atomic E-state index is 0.0787. The molecule has 0 spiro atoms. The van der Waals surface area contributed by atoms with Gasteiger partial charge in [-0.1, -0.05) is 32.1 Å². The molecule has 0 aromatic carbocycles. The van der Waals surface area contributed by atoms with E-state index in [2.05, 4.69) is 4.74 Å². The lowest BCUT2D eigenvalue weighted by Crippen LogP contribution is -2.16. The maximum absolute atomic E-state index is 10.8. The molecule has 0 fully saturated rings. The van der Waals surface area contributed by atoms with Crippen LogP contribution in [0.1, 0.15) is 51.4 Å². The molecule has 0 saturated carbocycles. The topological polar surface area (TPSA) is 86.5 Å². The Balaban J connectivity index is 3.17. The first-order chi connectivity index (χ1) is 7.95. The Morgan fingerprint density at radius 1 is 1.00 bits per heavy atom. The summed E-state index contributed by atoms with van der Waals surface area (Å²) in [7, 11) is -1.89. The van der Waals surface area contributed by atoms with E-state index in [1.165, 1.54) is 7.11 Å². The molecule has 0 aliphatic rings. The van der Waals surface area contributed by atoms with Crippen LogP contribution in [-0.4, -0.2) is 27.2 Å². The largest absolute Gasteiger partial charge is 0.469 e. The van der Waals surface area contributed by atoms with E-state index in [-0.39, 0.29) is 11.7 Å². The molecule has 0 rings (SSSR count). The number of methoxy groups -OCH3 is 1. The summed E-state index contributed by atoms with van der Waals surface area (Å²) in [5.74, 6) is -0.0758. The smallest absolute Gasteiger partial charge is 0.305 e. The number of esters is 1. The van der Waals surface area contributed by atoms with Crippen LogP contribution in [0.2, 0.25) is 0 Å². The Morgan fingerprint density at radius 3 is 1.94 bits per heavy atom. The van der Waals surface area contributed by atoms with Crippen LogP contribution in [0.4, 0.5) is 0 Å². The van der Waals surface area contributed by atoms with Gasteiger partial charge in [0.25, 0.3) is 0 Å². The second-order valence-electron chi connectivity index (χ2n) is 4.17. The van der Waals surface area contributed by atoms with Gasteiger partial charge in [0.15, 0.2) is 0 Å². The van der Waals surface area contributed by atoms with Crippen molar-refractivity contribution in [2.24, 2.45) is 5.14 Å². The fraction of sp³-hybridized carbons (Fsp3) is 0.909. The van der Waals surface area contributed by atoms with Gasteiger partial charge in [-0.05, 0) is 12.8 Å². The minimum Gasteiger partial charge on any atom is -0.469 e. The SMILES string of the molecule is COC(=O)CCCCCCCCCS(N)(=O)=O. The van der Waals surface area contributed by atoms with E-state index in [1.807, 2.05) is 0 Å². The Kier molecular flexibility index (Phi) is 9.07. The molecule has 0 aromatic heterocycles. The van der Waals surface area contributed by atoms with Gasteiger partial charge < -0.3 is 4.74 Å². The summed E-state index contributed by atoms with van der Waals surface area (Å²) in [4.78, 5) is 10.8. The van der Waals surface area contributed by atoms with Gasteiger partial charge in [-0.2, -0.15) is 0 Å². The van der Waals surface area contributed by atoms with Gasteiger partial charge in [-0.25, -0.2) is 13.6 Å². The molecule has 0 unspecified atom stereocenters. The normalized spacial score (nSPS) is 11.4. The first-order valence-corrected chi connectivity index (χ1v) is 7.74. The standard InChI is InChI=1S/C11H23NO4S/c1-16-11(13)9-7-5-3-2-4-6-8-10-17(12,14)15/h2-10H2,1H3,(H2,12,14,15). The number of hydrogen-bond acceptors (Lipinski definition) is 4. The fourth-order valence-corrected chi connectivity index (χ4v) is 2.17. The van der Waals surface area contributed by atoms with Gasteiger partial charge in [0.05, 0.1) is 12.9 Å². The van der Waals surface area contributed by atoms with Gasteiger partial charge in [0.1, 0.15) is 0 Å². The highest BCUT2D eigenvalue weighted by molar-refractivity contribution is 7.89. The average molecular weight is 265 g/mol. The van der Waals surface area contributed by atoms with Crippen LogP contribution in [0.3, 0.4) is 0 Å².